The van der Waals surface area contributed by atoms with Gasteiger partial charge in [-0.15, -0.1) is 0 Å². The van der Waals surface area contributed by atoms with Crippen LogP contribution < -0.4 is 11.1 Å². The summed E-state index contributed by atoms with van der Waals surface area (Å²) in [4.78, 5) is 4.32. The largest absolute Gasteiger partial charge is 0.396 e. The molecule has 0 spiro atoms. The lowest BCUT2D eigenvalue weighted by molar-refractivity contribution is 0.197. The van der Waals surface area contributed by atoms with E-state index in [0.717, 1.165) is 13.0 Å². The Morgan fingerprint density at radius 1 is 1.47 bits per heavy atom. The van der Waals surface area contributed by atoms with E-state index in [9.17, 15) is 0 Å². The van der Waals surface area contributed by atoms with E-state index >= 15 is 0 Å². The molecule has 0 heterocycles. The highest BCUT2D eigenvalue weighted by molar-refractivity contribution is 5.78. The zero-order chi connectivity index (χ0) is 11.3. The molecule has 4 heteroatoms. The van der Waals surface area contributed by atoms with Crippen LogP contribution in [0.2, 0.25) is 0 Å². The third-order valence-electron chi connectivity index (χ3n) is 2.98. The van der Waals surface area contributed by atoms with E-state index in [1.54, 1.807) is 0 Å². The number of nitrogens with one attached hydrogen (secondary N) is 1. The molecule has 1 saturated carbocycles. The quantitative estimate of drug-likeness (QED) is 0.476. The fourth-order valence-electron chi connectivity index (χ4n) is 2.15. The molecule has 0 radical (unpaired) electrons. The standard InChI is InChI=1S/C11H23N3O/c1-8(2)14-11(12)13-6-9-4-3-5-10(9)7-15/h8-10,15H,3-7H2,1-2H3,(H3,12,13,14). The maximum Gasteiger partial charge on any atom is 0.188 e. The van der Waals surface area contributed by atoms with Crippen molar-refractivity contribution in [3.05, 3.63) is 0 Å². The van der Waals surface area contributed by atoms with Crippen molar-refractivity contribution in [3.8, 4) is 0 Å². The van der Waals surface area contributed by atoms with Gasteiger partial charge in [0, 0.05) is 19.2 Å². The number of aliphatic hydroxyl groups is 1. The molecule has 0 aromatic carbocycles. The minimum atomic E-state index is 0.289. The Kier molecular flexibility index (Phi) is 4.88. The van der Waals surface area contributed by atoms with Crippen LogP contribution in [0.3, 0.4) is 0 Å². The Balaban J connectivity index is 2.34. The van der Waals surface area contributed by atoms with Crippen molar-refractivity contribution in [2.45, 2.75) is 39.2 Å². The Hall–Kier alpha value is -0.770. The van der Waals surface area contributed by atoms with Gasteiger partial charge in [0.2, 0.25) is 0 Å². The van der Waals surface area contributed by atoms with E-state index in [2.05, 4.69) is 10.3 Å². The van der Waals surface area contributed by atoms with Crippen LogP contribution in [0.15, 0.2) is 4.99 Å². The van der Waals surface area contributed by atoms with Gasteiger partial charge in [0.25, 0.3) is 0 Å². The molecule has 1 aliphatic rings. The van der Waals surface area contributed by atoms with Crippen molar-refractivity contribution in [2.75, 3.05) is 13.2 Å². The molecule has 88 valence electrons. The van der Waals surface area contributed by atoms with Crippen molar-refractivity contribution in [1.29, 1.82) is 0 Å². The summed E-state index contributed by atoms with van der Waals surface area (Å²) in [5.74, 6) is 1.47. The summed E-state index contributed by atoms with van der Waals surface area (Å²) in [6.07, 6.45) is 3.51. The van der Waals surface area contributed by atoms with Gasteiger partial charge in [-0.2, -0.15) is 0 Å². The van der Waals surface area contributed by atoms with Crippen LogP contribution in [0.4, 0.5) is 0 Å². The van der Waals surface area contributed by atoms with Gasteiger partial charge in [-0.1, -0.05) is 6.42 Å². The predicted octanol–water partition coefficient (Wildman–Crippen LogP) is 0.708. The number of nitrogens with zero attached hydrogens (tertiary/aromatic N) is 1. The van der Waals surface area contributed by atoms with Gasteiger partial charge in [-0.25, -0.2) is 0 Å². The number of rotatable bonds is 4. The zero-order valence-electron chi connectivity index (χ0n) is 9.74. The molecule has 0 amide bonds. The molecule has 1 rings (SSSR count). The van der Waals surface area contributed by atoms with Crippen LogP contribution in [-0.4, -0.2) is 30.3 Å². The summed E-state index contributed by atoms with van der Waals surface area (Å²) in [5, 5.41) is 12.2. The number of guanidine groups is 1. The lowest BCUT2D eigenvalue weighted by atomic mass is 9.97. The van der Waals surface area contributed by atoms with Gasteiger partial charge in [-0.3, -0.25) is 4.99 Å². The molecule has 15 heavy (non-hydrogen) atoms. The minimum absolute atomic E-state index is 0.289. The van der Waals surface area contributed by atoms with Crippen molar-refractivity contribution >= 4 is 5.96 Å². The highest BCUT2D eigenvalue weighted by atomic mass is 16.3. The topological polar surface area (TPSA) is 70.6 Å². The van der Waals surface area contributed by atoms with Crippen LogP contribution in [0.1, 0.15) is 33.1 Å². The molecule has 2 unspecified atom stereocenters. The van der Waals surface area contributed by atoms with Crippen LogP contribution in [0.5, 0.6) is 0 Å². The predicted molar refractivity (Wildman–Crippen MR) is 62.7 cm³/mol. The van der Waals surface area contributed by atoms with Gasteiger partial charge in [0.15, 0.2) is 5.96 Å². The average Bonchev–Trinajstić information content (AvgIpc) is 2.60. The number of nitrogens with two attached hydrogens (primary N) is 1. The zero-order valence-corrected chi connectivity index (χ0v) is 9.74. The SMILES string of the molecule is CC(C)NC(N)=NCC1CCCC1CO. The highest BCUT2D eigenvalue weighted by Crippen LogP contribution is 2.31. The summed E-state index contributed by atoms with van der Waals surface area (Å²) >= 11 is 0. The average molecular weight is 213 g/mol. The first-order valence-electron chi connectivity index (χ1n) is 5.80. The van der Waals surface area contributed by atoms with Crippen molar-refractivity contribution < 1.29 is 5.11 Å². The molecule has 0 saturated heterocycles. The van der Waals surface area contributed by atoms with E-state index in [-0.39, 0.29) is 6.61 Å². The van der Waals surface area contributed by atoms with E-state index < -0.39 is 0 Å². The molecule has 0 bridgehead atoms. The molecule has 2 atom stereocenters. The van der Waals surface area contributed by atoms with E-state index in [4.69, 9.17) is 10.8 Å². The summed E-state index contributed by atoms with van der Waals surface area (Å²) in [7, 11) is 0. The van der Waals surface area contributed by atoms with E-state index in [1.165, 1.54) is 12.8 Å². The summed E-state index contributed by atoms with van der Waals surface area (Å²) < 4.78 is 0. The minimum Gasteiger partial charge on any atom is -0.396 e. The van der Waals surface area contributed by atoms with Crippen LogP contribution in [-0.2, 0) is 0 Å². The summed E-state index contributed by atoms with van der Waals surface area (Å²) in [6.45, 7) is 5.11. The highest BCUT2D eigenvalue weighted by Gasteiger charge is 2.26. The van der Waals surface area contributed by atoms with Crippen LogP contribution in [0.25, 0.3) is 0 Å². The van der Waals surface area contributed by atoms with Gasteiger partial charge >= 0.3 is 0 Å². The van der Waals surface area contributed by atoms with Gasteiger partial charge < -0.3 is 16.2 Å². The first-order valence-corrected chi connectivity index (χ1v) is 5.80. The fraction of sp³-hybridized carbons (Fsp3) is 0.909. The monoisotopic (exact) mass is 213 g/mol. The molecule has 1 aliphatic carbocycles. The van der Waals surface area contributed by atoms with Gasteiger partial charge in [-0.05, 0) is 38.5 Å². The summed E-state index contributed by atoms with van der Waals surface area (Å²) in [6, 6.07) is 0.325. The number of aliphatic hydroxyl groups excluding tert-OH is 1. The molecular formula is C11H23N3O. The Labute approximate surface area is 92.0 Å². The second-order valence-electron chi connectivity index (χ2n) is 4.66. The molecule has 1 fully saturated rings. The molecule has 4 nitrogen and oxygen atoms in total. The van der Waals surface area contributed by atoms with E-state index in [1.807, 2.05) is 13.8 Å². The maximum atomic E-state index is 9.15. The molecule has 0 aromatic heterocycles. The second kappa shape index (κ2) is 5.95. The Morgan fingerprint density at radius 2 is 2.13 bits per heavy atom. The molecular weight excluding hydrogens is 190 g/mol. The smallest absolute Gasteiger partial charge is 0.188 e. The fourth-order valence-corrected chi connectivity index (χ4v) is 2.15. The van der Waals surface area contributed by atoms with Gasteiger partial charge in [0.1, 0.15) is 0 Å². The third-order valence-corrected chi connectivity index (χ3v) is 2.98. The van der Waals surface area contributed by atoms with Gasteiger partial charge in [0.05, 0.1) is 0 Å². The second-order valence-corrected chi connectivity index (χ2v) is 4.66. The molecule has 0 aromatic rings. The molecule has 4 N–H and O–H groups in total. The maximum absolute atomic E-state index is 9.15. The number of hydrogen-bond acceptors (Lipinski definition) is 2. The van der Waals surface area contributed by atoms with Crippen molar-refractivity contribution in [3.63, 3.8) is 0 Å². The first-order chi connectivity index (χ1) is 7.13. The lowest BCUT2D eigenvalue weighted by Gasteiger charge is -2.15. The van der Waals surface area contributed by atoms with Crippen molar-refractivity contribution in [1.82, 2.24) is 5.32 Å². The Morgan fingerprint density at radius 3 is 2.73 bits per heavy atom. The number of aliphatic imine (C=N–C) groups is 1. The van der Waals surface area contributed by atoms with E-state index in [0.29, 0.717) is 23.8 Å². The summed E-state index contributed by atoms with van der Waals surface area (Å²) in [5.41, 5.74) is 5.72. The normalized spacial score (nSPS) is 27.3. The first kappa shape index (κ1) is 12.3. The molecule has 0 aliphatic heterocycles. The van der Waals surface area contributed by atoms with Crippen molar-refractivity contribution in [2.24, 2.45) is 22.6 Å². The Bertz CT molecular complexity index is 216. The van der Waals surface area contributed by atoms with Crippen LogP contribution >= 0.6 is 0 Å². The number of hydrogen-bond donors (Lipinski definition) is 3. The van der Waals surface area contributed by atoms with Crippen LogP contribution in [0, 0.1) is 11.8 Å². The lowest BCUT2D eigenvalue weighted by Crippen LogP contribution is -2.37. The third kappa shape index (κ3) is 4.08.